The number of carbonyl (C=O) groups is 1. The van der Waals surface area contributed by atoms with E-state index in [0.717, 1.165) is 16.6 Å². The van der Waals surface area contributed by atoms with Gasteiger partial charge in [-0.25, -0.2) is 0 Å². The van der Waals surface area contributed by atoms with Crippen molar-refractivity contribution in [3.63, 3.8) is 0 Å². The first kappa shape index (κ1) is 13.1. The first-order chi connectivity index (χ1) is 9.65. The molecular weight excluding hydrogens is 252 g/mol. The van der Waals surface area contributed by atoms with Gasteiger partial charge < -0.3 is 9.64 Å². The molecule has 4 heteroatoms. The van der Waals surface area contributed by atoms with Gasteiger partial charge in [0.05, 0.1) is 30.0 Å². The molecule has 0 unspecified atom stereocenters. The van der Waals surface area contributed by atoms with Crippen molar-refractivity contribution in [1.82, 2.24) is 9.88 Å². The minimum absolute atomic E-state index is 0.0571. The van der Waals surface area contributed by atoms with E-state index in [4.69, 9.17) is 4.74 Å². The van der Waals surface area contributed by atoms with Crippen molar-refractivity contribution in [2.75, 3.05) is 26.3 Å². The van der Waals surface area contributed by atoms with Crippen molar-refractivity contribution in [2.45, 2.75) is 13.8 Å². The number of hydrogen-bond acceptors (Lipinski definition) is 3. The maximum Gasteiger partial charge on any atom is 0.255 e. The average Bonchev–Trinajstić information content (AvgIpc) is 2.47. The first-order valence-electron chi connectivity index (χ1n) is 6.90. The number of ether oxygens (including phenoxy) is 1. The van der Waals surface area contributed by atoms with Gasteiger partial charge in [0, 0.05) is 18.5 Å². The topological polar surface area (TPSA) is 42.4 Å². The summed E-state index contributed by atoms with van der Waals surface area (Å²) < 4.78 is 5.29. The molecule has 4 nitrogen and oxygen atoms in total. The Hall–Kier alpha value is -1.94. The van der Waals surface area contributed by atoms with Gasteiger partial charge in [-0.15, -0.1) is 0 Å². The Balaban J connectivity index is 2.01. The van der Waals surface area contributed by atoms with E-state index in [1.807, 2.05) is 36.9 Å². The lowest BCUT2D eigenvalue weighted by Gasteiger charge is -2.27. The number of benzene rings is 1. The highest BCUT2D eigenvalue weighted by Gasteiger charge is 2.21. The zero-order valence-corrected chi connectivity index (χ0v) is 11.8. The van der Waals surface area contributed by atoms with Gasteiger partial charge in [0.1, 0.15) is 0 Å². The molecule has 0 bridgehead atoms. The molecule has 1 aromatic carbocycles. The molecule has 2 heterocycles. The third-order valence-corrected chi connectivity index (χ3v) is 3.69. The summed E-state index contributed by atoms with van der Waals surface area (Å²) in [7, 11) is 0. The van der Waals surface area contributed by atoms with E-state index in [9.17, 15) is 4.79 Å². The van der Waals surface area contributed by atoms with Crippen LogP contribution in [0.25, 0.3) is 10.9 Å². The van der Waals surface area contributed by atoms with Crippen molar-refractivity contribution in [3.8, 4) is 0 Å². The number of fused-ring (bicyclic) bond motifs is 1. The van der Waals surface area contributed by atoms with Crippen LogP contribution >= 0.6 is 0 Å². The molecule has 104 valence electrons. The van der Waals surface area contributed by atoms with E-state index < -0.39 is 0 Å². The van der Waals surface area contributed by atoms with Crippen molar-refractivity contribution < 1.29 is 9.53 Å². The van der Waals surface area contributed by atoms with Crippen molar-refractivity contribution >= 4 is 16.8 Å². The molecule has 0 saturated carbocycles. The molecule has 1 saturated heterocycles. The summed E-state index contributed by atoms with van der Waals surface area (Å²) in [6, 6.07) is 8.07. The van der Waals surface area contributed by atoms with Crippen LogP contribution in [-0.2, 0) is 4.74 Å². The van der Waals surface area contributed by atoms with Gasteiger partial charge in [0.2, 0.25) is 0 Å². The Morgan fingerprint density at radius 2 is 1.95 bits per heavy atom. The van der Waals surface area contributed by atoms with Gasteiger partial charge in [-0.1, -0.05) is 11.6 Å². The smallest absolute Gasteiger partial charge is 0.255 e. The van der Waals surface area contributed by atoms with Crippen molar-refractivity contribution in [1.29, 1.82) is 0 Å². The summed E-state index contributed by atoms with van der Waals surface area (Å²) in [5, 5.41) is 1.02. The Kier molecular flexibility index (Phi) is 3.40. The van der Waals surface area contributed by atoms with Crippen LogP contribution in [0.2, 0.25) is 0 Å². The molecule has 1 aliphatic rings. The van der Waals surface area contributed by atoms with E-state index in [-0.39, 0.29) is 5.91 Å². The number of aromatic nitrogens is 1. The maximum absolute atomic E-state index is 12.6. The van der Waals surface area contributed by atoms with Gasteiger partial charge in [-0.3, -0.25) is 9.78 Å². The van der Waals surface area contributed by atoms with Crippen LogP contribution in [0.15, 0.2) is 24.3 Å². The number of hydrogen-bond donors (Lipinski definition) is 0. The quantitative estimate of drug-likeness (QED) is 0.798. The highest BCUT2D eigenvalue weighted by atomic mass is 16.5. The normalized spacial score (nSPS) is 15.6. The average molecular weight is 270 g/mol. The number of nitrogens with zero attached hydrogens (tertiary/aromatic N) is 2. The summed E-state index contributed by atoms with van der Waals surface area (Å²) in [5.74, 6) is 0.0571. The van der Waals surface area contributed by atoms with E-state index >= 15 is 0 Å². The van der Waals surface area contributed by atoms with Crippen molar-refractivity contribution in [2.24, 2.45) is 0 Å². The summed E-state index contributed by atoms with van der Waals surface area (Å²) in [6.07, 6.45) is 0. The van der Waals surface area contributed by atoms with Crippen LogP contribution in [0.5, 0.6) is 0 Å². The largest absolute Gasteiger partial charge is 0.378 e. The molecule has 0 N–H and O–H groups in total. The molecule has 20 heavy (non-hydrogen) atoms. The van der Waals surface area contributed by atoms with Crippen LogP contribution < -0.4 is 0 Å². The fourth-order valence-electron chi connectivity index (χ4n) is 2.55. The third kappa shape index (κ3) is 2.39. The summed E-state index contributed by atoms with van der Waals surface area (Å²) >= 11 is 0. The van der Waals surface area contributed by atoms with Crippen LogP contribution in [0.3, 0.4) is 0 Å². The molecule has 0 radical (unpaired) electrons. The second-order valence-electron chi connectivity index (χ2n) is 5.22. The lowest BCUT2D eigenvalue weighted by molar-refractivity contribution is 0.0302. The predicted octanol–water partition coefficient (Wildman–Crippen LogP) is 2.32. The van der Waals surface area contributed by atoms with E-state index in [0.29, 0.717) is 31.9 Å². The Morgan fingerprint density at radius 1 is 1.20 bits per heavy atom. The SMILES string of the molecule is Cc1ccc2nc(C)c(C(=O)N3CCOCC3)cc2c1. The third-order valence-electron chi connectivity index (χ3n) is 3.69. The van der Waals surface area contributed by atoms with Crippen molar-refractivity contribution in [3.05, 3.63) is 41.1 Å². The standard InChI is InChI=1S/C16H18N2O2/c1-11-3-4-15-13(9-11)10-14(12(2)17-15)16(19)18-5-7-20-8-6-18/h3-4,9-10H,5-8H2,1-2H3. The molecule has 0 aliphatic carbocycles. The first-order valence-corrected chi connectivity index (χ1v) is 6.90. The van der Waals surface area contributed by atoms with Gasteiger partial charge in [0.25, 0.3) is 5.91 Å². The maximum atomic E-state index is 12.6. The van der Waals surface area contributed by atoms with Crippen LogP contribution in [0, 0.1) is 13.8 Å². The van der Waals surface area contributed by atoms with Crippen LogP contribution in [0.1, 0.15) is 21.6 Å². The number of pyridine rings is 1. The van der Waals surface area contributed by atoms with E-state index in [1.54, 1.807) is 0 Å². The lowest BCUT2D eigenvalue weighted by atomic mass is 10.1. The summed E-state index contributed by atoms with van der Waals surface area (Å²) in [6.45, 7) is 6.49. The molecule has 0 atom stereocenters. The Morgan fingerprint density at radius 3 is 2.70 bits per heavy atom. The minimum Gasteiger partial charge on any atom is -0.378 e. The molecule has 0 spiro atoms. The number of amides is 1. The van der Waals surface area contributed by atoms with Crippen LogP contribution in [-0.4, -0.2) is 42.1 Å². The molecule has 1 aromatic heterocycles. The molecule has 1 aliphatic heterocycles. The second kappa shape index (κ2) is 5.21. The Labute approximate surface area is 118 Å². The Bertz CT molecular complexity index is 661. The van der Waals surface area contributed by atoms with Gasteiger partial charge >= 0.3 is 0 Å². The molecule has 3 rings (SSSR count). The summed E-state index contributed by atoms with van der Waals surface area (Å²) in [4.78, 5) is 19.0. The number of rotatable bonds is 1. The minimum atomic E-state index is 0.0571. The number of carbonyl (C=O) groups excluding carboxylic acids is 1. The van der Waals surface area contributed by atoms with E-state index in [1.165, 1.54) is 5.56 Å². The highest BCUT2D eigenvalue weighted by Crippen LogP contribution is 2.19. The highest BCUT2D eigenvalue weighted by molar-refractivity contribution is 5.98. The molecule has 1 fully saturated rings. The van der Waals surface area contributed by atoms with Gasteiger partial charge in [-0.2, -0.15) is 0 Å². The molecule has 2 aromatic rings. The zero-order chi connectivity index (χ0) is 14.1. The summed E-state index contributed by atoms with van der Waals surface area (Å²) in [5.41, 5.74) is 3.60. The zero-order valence-electron chi connectivity index (χ0n) is 11.8. The molecule has 1 amide bonds. The number of aryl methyl sites for hydroxylation is 2. The van der Waals surface area contributed by atoms with Gasteiger partial charge in [-0.05, 0) is 32.0 Å². The second-order valence-corrected chi connectivity index (χ2v) is 5.22. The fraction of sp³-hybridized carbons (Fsp3) is 0.375. The van der Waals surface area contributed by atoms with Crippen LogP contribution in [0.4, 0.5) is 0 Å². The molecular formula is C16H18N2O2. The predicted molar refractivity (Wildman–Crippen MR) is 77.9 cm³/mol. The monoisotopic (exact) mass is 270 g/mol. The van der Waals surface area contributed by atoms with E-state index in [2.05, 4.69) is 11.1 Å². The lowest BCUT2D eigenvalue weighted by Crippen LogP contribution is -2.41. The fourth-order valence-corrected chi connectivity index (χ4v) is 2.55. The van der Waals surface area contributed by atoms with Gasteiger partial charge in [0.15, 0.2) is 0 Å². The number of morpholine rings is 1.